The molecular formula is C11H13BrFNO. The predicted molar refractivity (Wildman–Crippen MR) is 60.5 cm³/mol. The Hall–Kier alpha value is -0.610. The third-order valence-corrected chi connectivity index (χ3v) is 3.32. The maximum atomic E-state index is 13.7. The standard InChI is InChI=1S/C11H13BrFNO/c1-15-8-4-7(6-11(14)2-3-11)10(13)9(12)5-8/h4-5H,2-3,6,14H2,1H3. The van der Waals surface area contributed by atoms with Crippen LogP contribution in [0.15, 0.2) is 16.6 Å². The second kappa shape index (κ2) is 3.76. The van der Waals surface area contributed by atoms with Crippen molar-refractivity contribution in [3.63, 3.8) is 0 Å². The van der Waals surface area contributed by atoms with Gasteiger partial charge in [0.05, 0.1) is 11.6 Å². The first-order valence-electron chi connectivity index (χ1n) is 4.85. The minimum Gasteiger partial charge on any atom is -0.497 e. The zero-order chi connectivity index (χ0) is 11.1. The SMILES string of the molecule is COc1cc(Br)c(F)c(CC2(N)CC2)c1. The summed E-state index contributed by atoms with van der Waals surface area (Å²) in [5.41, 5.74) is 6.40. The van der Waals surface area contributed by atoms with E-state index in [9.17, 15) is 4.39 Å². The first kappa shape index (κ1) is 10.9. The Morgan fingerprint density at radius 2 is 2.20 bits per heavy atom. The molecule has 82 valence electrons. The lowest BCUT2D eigenvalue weighted by atomic mass is 10.0. The average molecular weight is 274 g/mol. The molecule has 1 aromatic rings. The van der Waals surface area contributed by atoms with Gasteiger partial charge in [0.25, 0.3) is 0 Å². The largest absolute Gasteiger partial charge is 0.497 e. The van der Waals surface area contributed by atoms with Gasteiger partial charge in [-0.05, 0) is 52.9 Å². The van der Waals surface area contributed by atoms with Gasteiger partial charge in [-0.15, -0.1) is 0 Å². The van der Waals surface area contributed by atoms with E-state index >= 15 is 0 Å². The topological polar surface area (TPSA) is 35.2 Å². The lowest BCUT2D eigenvalue weighted by molar-refractivity contribution is 0.411. The van der Waals surface area contributed by atoms with Crippen molar-refractivity contribution >= 4 is 15.9 Å². The van der Waals surface area contributed by atoms with Crippen LogP contribution in [0.1, 0.15) is 18.4 Å². The van der Waals surface area contributed by atoms with E-state index in [1.165, 1.54) is 0 Å². The Kier molecular flexibility index (Phi) is 2.73. The number of methoxy groups -OCH3 is 1. The summed E-state index contributed by atoms with van der Waals surface area (Å²) in [6.45, 7) is 0. The molecule has 0 spiro atoms. The molecule has 0 saturated heterocycles. The molecular weight excluding hydrogens is 261 g/mol. The number of rotatable bonds is 3. The second-order valence-electron chi connectivity index (χ2n) is 4.12. The molecule has 2 rings (SSSR count). The summed E-state index contributed by atoms with van der Waals surface area (Å²) >= 11 is 3.17. The van der Waals surface area contributed by atoms with E-state index in [2.05, 4.69) is 15.9 Å². The fourth-order valence-electron chi connectivity index (χ4n) is 1.58. The third-order valence-electron chi connectivity index (χ3n) is 2.75. The summed E-state index contributed by atoms with van der Waals surface area (Å²) in [4.78, 5) is 0. The minimum atomic E-state index is -0.229. The minimum absolute atomic E-state index is 0.188. The van der Waals surface area contributed by atoms with Gasteiger partial charge in [0, 0.05) is 5.54 Å². The van der Waals surface area contributed by atoms with Crippen molar-refractivity contribution in [2.45, 2.75) is 24.8 Å². The number of hydrogen-bond acceptors (Lipinski definition) is 2. The molecule has 1 saturated carbocycles. The van der Waals surface area contributed by atoms with Crippen molar-refractivity contribution in [1.29, 1.82) is 0 Å². The number of ether oxygens (including phenoxy) is 1. The van der Waals surface area contributed by atoms with Gasteiger partial charge in [-0.2, -0.15) is 0 Å². The maximum Gasteiger partial charge on any atom is 0.140 e. The van der Waals surface area contributed by atoms with Crippen LogP contribution in [-0.2, 0) is 6.42 Å². The summed E-state index contributed by atoms with van der Waals surface area (Å²) in [7, 11) is 1.57. The van der Waals surface area contributed by atoms with Gasteiger partial charge in [0.2, 0.25) is 0 Å². The highest BCUT2D eigenvalue weighted by Crippen LogP contribution is 2.38. The molecule has 0 bridgehead atoms. The molecule has 15 heavy (non-hydrogen) atoms. The van der Waals surface area contributed by atoms with Crippen molar-refractivity contribution in [2.75, 3.05) is 7.11 Å². The van der Waals surface area contributed by atoms with Gasteiger partial charge in [0.1, 0.15) is 11.6 Å². The van der Waals surface area contributed by atoms with E-state index in [1.807, 2.05) is 0 Å². The molecule has 0 atom stereocenters. The molecule has 1 fully saturated rings. The van der Waals surface area contributed by atoms with Crippen LogP contribution in [0.25, 0.3) is 0 Å². The zero-order valence-electron chi connectivity index (χ0n) is 8.52. The van der Waals surface area contributed by atoms with Gasteiger partial charge in [-0.25, -0.2) is 4.39 Å². The highest BCUT2D eigenvalue weighted by molar-refractivity contribution is 9.10. The molecule has 0 unspecified atom stereocenters. The van der Waals surface area contributed by atoms with Crippen LogP contribution in [0.4, 0.5) is 4.39 Å². The molecule has 2 N–H and O–H groups in total. The highest BCUT2D eigenvalue weighted by Gasteiger charge is 2.38. The van der Waals surface area contributed by atoms with E-state index in [-0.39, 0.29) is 11.4 Å². The van der Waals surface area contributed by atoms with E-state index in [0.717, 1.165) is 12.8 Å². The Labute approximate surface area is 96.7 Å². The average Bonchev–Trinajstić information content (AvgIpc) is 2.91. The number of benzene rings is 1. The van der Waals surface area contributed by atoms with Crippen LogP contribution < -0.4 is 10.5 Å². The fraction of sp³-hybridized carbons (Fsp3) is 0.455. The van der Waals surface area contributed by atoms with E-state index in [0.29, 0.717) is 22.2 Å². The second-order valence-corrected chi connectivity index (χ2v) is 4.98. The number of nitrogens with two attached hydrogens (primary N) is 1. The number of hydrogen-bond donors (Lipinski definition) is 1. The summed E-state index contributed by atoms with van der Waals surface area (Å²) in [5.74, 6) is 0.426. The quantitative estimate of drug-likeness (QED) is 0.919. The van der Waals surface area contributed by atoms with Gasteiger partial charge < -0.3 is 10.5 Å². The van der Waals surface area contributed by atoms with Crippen LogP contribution in [0.3, 0.4) is 0 Å². The molecule has 1 aliphatic carbocycles. The van der Waals surface area contributed by atoms with Crippen LogP contribution >= 0.6 is 15.9 Å². The van der Waals surface area contributed by atoms with Gasteiger partial charge in [-0.1, -0.05) is 0 Å². The highest BCUT2D eigenvalue weighted by atomic mass is 79.9. The summed E-state index contributed by atoms with van der Waals surface area (Å²) in [5, 5.41) is 0. The monoisotopic (exact) mass is 273 g/mol. The van der Waals surface area contributed by atoms with Crippen molar-refractivity contribution in [2.24, 2.45) is 5.73 Å². The fourth-order valence-corrected chi connectivity index (χ4v) is 2.06. The van der Waals surface area contributed by atoms with Crippen molar-refractivity contribution in [3.05, 3.63) is 28.0 Å². The Morgan fingerprint density at radius 3 is 2.73 bits per heavy atom. The lowest BCUT2D eigenvalue weighted by Gasteiger charge is -2.12. The lowest BCUT2D eigenvalue weighted by Crippen LogP contribution is -2.25. The van der Waals surface area contributed by atoms with Crippen LogP contribution in [-0.4, -0.2) is 12.6 Å². The Balaban J connectivity index is 2.31. The first-order valence-corrected chi connectivity index (χ1v) is 5.64. The molecule has 0 radical (unpaired) electrons. The van der Waals surface area contributed by atoms with E-state index < -0.39 is 0 Å². The third kappa shape index (κ3) is 2.32. The van der Waals surface area contributed by atoms with Crippen molar-refractivity contribution in [3.8, 4) is 5.75 Å². The summed E-state index contributed by atoms with van der Waals surface area (Å²) in [6, 6.07) is 3.34. The van der Waals surface area contributed by atoms with E-state index in [4.69, 9.17) is 10.5 Å². The number of halogens is 2. The Bertz CT molecular complexity index is 390. The first-order chi connectivity index (χ1) is 7.04. The maximum absolute atomic E-state index is 13.7. The molecule has 1 aromatic carbocycles. The molecule has 2 nitrogen and oxygen atoms in total. The molecule has 0 amide bonds. The molecule has 0 aromatic heterocycles. The van der Waals surface area contributed by atoms with Gasteiger partial charge in [0.15, 0.2) is 0 Å². The van der Waals surface area contributed by atoms with E-state index in [1.54, 1.807) is 19.2 Å². The zero-order valence-corrected chi connectivity index (χ0v) is 10.1. The summed E-state index contributed by atoms with van der Waals surface area (Å²) in [6.07, 6.45) is 2.52. The molecule has 4 heteroatoms. The van der Waals surface area contributed by atoms with Crippen molar-refractivity contribution in [1.82, 2.24) is 0 Å². The normalized spacial score (nSPS) is 17.6. The smallest absolute Gasteiger partial charge is 0.140 e. The predicted octanol–water partition coefficient (Wildman–Crippen LogP) is 2.63. The Morgan fingerprint density at radius 1 is 1.53 bits per heavy atom. The van der Waals surface area contributed by atoms with Gasteiger partial charge in [-0.3, -0.25) is 0 Å². The van der Waals surface area contributed by atoms with Crippen LogP contribution in [0.5, 0.6) is 5.75 Å². The molecule has 0 heterocycles. The van der Waals surface area contributed by atoms with Crippen LogP contribution in [0, 0.1) is 5.82 Å². The summed E-state index contributed by atoms with van der Waals surface area (Å²) < 4.78 is 19.2. The van der Waals surface area contributed by atoms with Crippen LogP contribution in [0.2, 0.25) is 0 Å². The van der Waals surface area contributed by atoms with Crippen molar-refractivity contribution < 1.29 is 9.13 Å². The molecule has 0 aliphatic heterocycles. The molecule has 1 aliphatic rings. The van der Waals surface area contributed by atoms with Gasteiger partial charge >= 0.3 is 0 Å².